The average Bonchev–Trinajstić information content (AvgIpc) is 2.94. The van der Waals surface area contributed by atoms with Crippen molar-refractivity contribution >= 4 is 28.9 Å². The Morgan fingerprint density at radius 2 is 2.47 bits per heavy atom. The number of hydrogen-bond donors (Lipinski definition) is 0. The summed E-state index contributed by atoms with van der Waals surface area (Å²) in [4.78, 5) is 15.4. The molecule has 0 radical (unpaired) electrons. The maximum Gasteiger partial charge on any atom is 0.351 e. The first-order valence-electron chi connectivity index (χ1n) is 4.60. The molecule has 0 amide bonds. The molecule has 0 fully saturated rings. The summed E-state index contributed by atoms with van der Waals surface area (Å²) < 4.78 is 15.0. The second-order valence-corrected chi connectivity index (χ2v) is 4.28. The second-order valence-electron chi connectivity index (χ2n) is 2.96. The van der Waals surface area contributed by atoms with Gasteiger partial charge in [0.05, 0.1) is 13.4 Å². The predicted molar refractivity (Wildman–Crippen MR) is 61.5 cm³/mol. The smallest absolute Gasteiger partial charge is 0.351 e. The lowest BCUT2D eigenvalue weighted by molar-refractivity contribution is 0.0606. The number of carbonyl (C=O) groups excluding carboxylic acids is 1. The zero-order valence-electron chi connectivity index (χ0n) is 8.81. The van der Waals surface area contributed by atoms with Crippen LogP contribution in [0.1, 0.15) is 15.4 Å². The van der Waals surface area contributed by atoms with Crippen LogP contribution < -0.4 is 4.74 Å². The van der Waals surface area contributed by atoms with Gasteiger partial charge in [0.2, 0.25) is 0 Å². The van der Waals surface area contributed by atoms with Crippen LogP contribution in [0.15, 0.2) is 22.8 Å². The number of aromatic nitrogens is 1. The number of esters is 1. The fraction of sp³-hybridized carbons (Fsp3) is 0.200. The zero-order valence-corrected chi connectivity index (χ0v) is 10.4. The van der Waals surface area contributed by atoms with E-state index in [1.54, 1.807) is 18.4 Å². The van der Waals surface area contributed by atoms with Crippen LogP contribution in [0.3, 0.4) is 0 Å². The van der Waals surface area contributed by atoms with Gasteiger partial charge in [0.1, 0.15) is 12.4 Å². The third-order valence-electron chi connectivity index (χ3n) is 1.85. The van der Waals surface area contributed by atoms with E-state index in [9.17, 15) is 4.79 Å². The van der Waals surface area contributed by atoms with Crippen molar-refractivity contribution in [1.82, 2.24) is 4.98 Å². The first kappa shape index (κ1) is 11.9. The standard InChI is InChI=1S/C10H8ClNO4S/c1-14-9(13)7-8(11)12-10(17-7)16-5-6-3-2-4-15-6/h2-4H,5H2,1H3. The highest BCUT2D eigenvalue weighted by atomic mass is 35.5. The van der Waals surface area contributed by atoms with Crippen molar-refractivity contribution in [2.75, 3.05) is 7.11 Å². The van der Waals surface area contributed by atoms with E-state index in [1.165, 1.54) is 7.11 Å². The van der Waals surface area contributed by atoms with Crippen LogP contribution in [0.25, 0.3) is 0 Å². The van der Waals surface area contributed by atoms with E-state index in [0.717, 1.165) is 11.3 Å². The van der Waals surface area contributed by atoms with Gasteiger partial charge in [-0.3, -0.25) is 0 Å². The van der Waals surface area contributed by atoms with Gasteiger partial charge < -0.3 is 13.9 Å². The van der Waals surface area contributed by atoms with Gasteiger partial charge >= 0.3 is 5.97 Å². The Hall–Kier alpha value is -1.53. The van der Waals surface area contributed by atoms with Crippen LogP contribution in [0, 0.1) is 0 Å². The van der Waals surface area contributed by atoms with Gasteiger partial charge in [-0.05, 0) is 12.1 Å². The molecule has 0 bridgehead atoms. The zero-order chi connectivity index (χ0) is 12.3. The average molecular weight is 274 g/mol. The molecular weight excluding hydrogens is 266 g/mol. The fourth-order valence-corrected chi connectivity index (χ4v) is 2.14. The highest BCUT2D eigenvalue weighted by Gasteiger charge is 2.18. The van der Waals surface area contributed by atoms with Crippen molar-refractivity contribution in [3.05, 3.63) is 34.2 Å². The molecule has 2 rings (SSSR count). The van der Waals surface area contributed by atoms with E-state index in [-0.39, 0.29) is 16.6 Å². The van der Waals surface area contributed by atoms with Gasteiger partial charge in [-0.25, -0.2) is 4.79 Å². The lowest BCUT2D eigenvalue weighted by Crippen LogP contribution is -1.98. The van der Waals surface area contributed by atoms with Crippen LogP contribution in [0.2, 0.25) is 5.15 Å². The van der Waals surface area contributed by atoms with Crippen LogP contribution in [-0.2, 0) is 11.3 Å². The number of halogens is 1. The van der Waals surface area contributed by atoms with Crippen LogP contribution in [-0.4, -0.2) is 18.1 Å². The van der Waals surface area contributed by atoms with Gasteiger partial charge in [-0.15, -0.1) is 0 Å². The van der Waals surface area contributed by atoms with E-state index in [4.69, 9.17) is 20.8 Å². The molecule has 7 heteroatoms. The van der Waals surface area contributed by atoms with Crippen LogP contribution in [0.4, 0.5) is 0 Å². The molecule has 0 saturated heterocycles. The third kappa shape index (κ3) is 2.78. The topological polar surface area (TPSA) is 61.6 Å². The molecule has 0 aromatic carbocycles. The Morgan fingerprint density at radius 3 is 3.12 bits per heavy atom. The number of carbonyl (C=O) groups is 1. The first-order chi connectivity index (χ1) is 8.20. The van der Waals surface area contributed by atoms with E-state index >= 15 is 0 Å². The number of methoxy groups -OCH3 is 1. The van der Waals surface area contributed by atoms with E-state index < -0.39 is 5.97 Å². The molecular formula is C10H8ClNO4S. The summed E-state index contributed by atoms with van der Waals surface area (Å²) in [5, 5.41) is 0.378. The molecule has 0 atom stereocenters. The summed E-state index contributed by atoms with van der Waals surface area (Å²) in [6.45, 7) is 0.234. The molecule has 2 heterocycles. The van der Waals surface area contributed by atoms with Gasteiger partial charge in [0.25, 0.3) is 5.19 Å². The Bertz CT molecular complexity index is 508. The molecule has 90 valence electrons. The Morgan fingerprint density at radius 1 is 1.65 bits per heavy atom. The number of hydrogen-bond acceptors (Lipinski definition) is 6. The minimum absolute atomic E-state index is 0.0799. The molecule has 0 N–H and O–H groups in total. The van der Waals surface area contributed by atoms with E-state index in [1.807, 2.05) is 0 Å². The van der Waals surface area contributed by atoms with Crippen LogP contribution >= 0.6 is 22.9 Å². The van der Waals surface area contributed by atoms with Crippen LogP contribution in [0.5, 0.6) is 5.19 Å². The molecule has 0 spiro atoms. The summed E-state index contributed by atoms with van der Waals surface area (Å²) in [5.74, 6) is 0.135. The normalized spacial score (nSPS) is 10.2. The monoisotopic (exact) mass is 273 g/mol. The number of rotatable bonds is 4. The minimum Gasteiger partial charge on any atom is -0.466 e. The SMILES string of the molecule is COC(=O)c1sc(OCc2ccco2)nc1Cl. The Balaban J connectivity index is 2.05. The molecule has 2 aromatic rings. The lowest BCUT2D eigenvalue weighted by atomic mass is 10.5. The first-order valence-corrected chi connectivity index (χ1v) is 5.80. The summed E-state index contributed by atoms with van der Waals surface area (Å²) in [6, 6.07) is 3.53. The van der Waals surface area contributed by atoms with Crippen molar-refractivity contribution < 1.29 is 18.7 Å². The second kappa shape index (κ2) is 5.20. The lowest BCUT2D eigenvalue weighted by Gasteiger charge is -1.97. The largest absolute Gasteiger partial charge is 0.466 e. The van der Waals surface area contributed by atoms with E-state index in [2.05, 4.69) is 9.72 Å². The van der Waals surface area contributed by atoms with Crippen molar-refractivity contribution in [2.24, 2.45) is 0 Å². The van der Waals surface area contributed by atoms with Crippen molar-refractivity contribution in [1.29, 1.82) is 0 Å². The number of furan rings is 1. The molecule has 5 nitrogen and oxygen atoms in total. The summed E-state index contributed by atoms with van der Waals surface area (Å²) >= 11 is 6.81. The fourth-order valence-electron chi connectivity index (χ4n) is 1.09. The molecule has 0 unspecified atom stereocenters. The summed E-state index contributed by atoms with van der Waals surface area (Å²) in [5.41, 5.74) is 0. The Kier molecular flexibility index (Phi) is 3.65. The van der Waals surface area contributed by atoms with Gasteiger partial charge in [-0.2, -0.15) is 4.98 Å². The number of ether oxygens (including phenoxy) is 2. The molecule has 2 aromatic heterocycles. The molecule has 0 aliphatic rings. The summed E-state index contributed by atoms with van der Waals surface area (Å²) in [7, 11) is 1.28. The van der Waals surface area contributed by atoms with Crippen molar-refractivity contribution in [3.63, 3.8) is 0 Å². The molecule has 17 heavy (non-hydrogen) atoms. The molecule has 0 saturated carbocycles. The highest BCUT2D eigenvalue weighted by molar-refractivity contribution is 7.15. The van der Waals surface area contributed by atoms with Crippen molar-refractivity contribution in [2.45, 2.75) is 6.61 Å². The van der Waals surface area contributed by atoms with Crippen molar-refractivity contribution in [3.8, 4) is 5.19 Å². The van der Waals surface area contributed by atoms with Gasteiger partial charge in [0.15, 0.2) is 10.0 Å². The molecule has 0 aliphatic heterocycles. The quantitative estimate of drug-likeness (QED) is 0.802. The Labute approximate surface area is 106 Å². The maximum absolute atomic E-state index is 11.3. The highest BCUT2D eigenvalue weighted by Crippen LogP contribution is 2.29. The van der Waals surface area contributed by atoms with E-state index in [0.29, 0.717) is 11.0 Å². The van der Waals surface area contributed by atoms with Gasteiger partial charge in [0, 0.05) is 0 Å². The van der Waals surface area contributed by atoms with Gasteiger partial charge in [-0.1, -0.05) is 22.9 Å². The number of thiazole rings is 1. The third-order valence-corrected chi connectivity index (χ3v) is 3.19. The summed E-state index contributed by atoms with van der Waals surface area (Å²) in [6.07, 6.45) is 1.55. The number of nitrogens with zero attached hydrogens (tertiary/aromatic N) is 1. The molecule has 0 aliphatic carbocycles. The minimum atomic E-state index is -0.527. The maximum atomic E-state index is 11.3. The predicted octanol–water partition coefficient (Wildman–Crippen LogP) is 2.76.